The third-order valence-electron chi connectivity index (χ3n) is 10.8. The lowest BCUT2D eigenvalue weighted by Gasteiger charge is -2.29. The van der Waals surface area contributed by atoms with Gasteiger partial charge in [0.05, 0.1) is 0 Å². The molecule has 0 aliphatic carbocycles. The van der Waals surface area contributed by atoms with E-state index < -0.39 is 0 Å². The van der Waals surface area contributed by atoms with Gasteiger partial charge in [-0.05, 0) is 132 Å². The third kappa shape index (κ3) is 10.5. The molecule has 5 aromatic rings. The molecule has 0 bridgehead atoms. The van der Waals surface area contributed by atoms with Gasteiger partial charge < -0.3 is 34.8 Å². The molecule has 2 amide bonds. The molecule has 0 saturated heterocycles. The highest BCUT2D eigenvalue weighted by Crippen LogP contribution is 2.32. The summed E-state index contributed by atoms with van der Waals surface area (Å²) in [6, 6.07) is 31.4. The van der Waals surface area contributed by atoms with E-state index >= 15 is 0 Å². The van der Waals surface area contributed by atoms with Gasteiger partial charge >= 0.3 is 12.2 Å². The fraction of sp³-hybridized carbons (Fsp3) is 0.319. The number of ether oxygens (including phenoxy) is 2. The van der Waals surface area contributed by atoms with E-state index in [1.807, 2.05) is 60.7 Å². The van der Waals surface area contributed by atoms with Crippen molar-refractivity contribution in [2.24, 2.45) is 0 Å². The van der Waals surface area contributed by atoms with E-state index in [-0.39, 0.29) is 30.3 Å². The molecule has 292 valence electrons. The van der Waals surface area contributed by atoms with Crippen molar-refractivity contribution < 1.29 is 29.3 Å². The van der Waals surface area contributed by atoms with Crippen molar-refractivity contribution >= 4 is 12.2 Å². The van der Waals surface area contributed by atoms with E-state index in [2.05, 4.69) is 57.3 Å². The van der Waals surface area contributed by atoms with E-state index in [1.165, 1.54) is 57.0 Å². The number of aromatic hydroxyl groups is 2. The van der Waals surface area contributed by atoms with E-state index in [0.29, 0.717) is 32.7 Å². The Morgan fingerprint density at radius 3 is 1.45 bits per heavy atom. The lowest BCUT2D eigenvalue weighted by atomic mass is 9.95. The average molecular weight is 756 g/mol. The van der Waals surface area contributed by atoms with Crippen LogP contribution in [0, 0.1) is 27.7 Å². The topological polar surface area (TPSA) is 112 Å². The molecule has 0 fully saturated rings. The molecule has 0 saturated carbocycles. The minimum absolute atomic E-state index is 0.126. The average Bonchev–Trinajstić information content (AvgIpc) is 3.21. The number of carbonyl (C=O) groups excluding carboxylic acids is 2. The molecular weight excluding hydrogens is 703 g/mol. The van der Waals surface area contributed by atoms with Crippen LogP contribution in [-0.4, -0.2) is 51.8 Å². The summed E-state index contributed by atoms with van der Waals surface area (Å²) in [5.41, 5.74) is 14.8. The van der Waals surface area contributed by atoms with Crippen molar-refractivity contribution in [2.45, 2.75) is 79.8 Å². The summed E-state index contributed by atoms with van der Waals surface area (Å²) in [7, 11) is 0. The lowest BCUT2D eigenvalue weighted by molar-refractivity contribution is 0.0912. The molecule has 0 spiro atoms. The molecule has 3 N–H and O–H groups in total. The molecule has 0 unspecified atom stereocenters. The van der Waals surface area contributed by atoms with E-state index in [9.17, 15) is 19.8 Å². The van der Waals surface area contributed by atoms with Crippen molar-refractivity contribution in [1.29, 1.82) is 0 Å². The highest BCUT2D eigenvalue weighted by Gasteiger charge is 2.24. The summed E-state index contributed by atoms with van der Waals surface area (Å²) in [5, 5.41) is 22.5. The summed E-state index contributed by atoms with van der Waals surface area (Å²) in [6.45, 7) is 13.7. The minimum atomic E-state index is -0.373. The van der Waals surface area contributed by atoms with Crippen LogP contribution in [-0.2, 0) is 61.6 Å². The summed E-state index contributed by atoms with van der Waals surface area (Å²) in [6.07, 6.45) is 2.12. The normalized spacial score (nSPS) is 14.1. The summed E-state index contributed by atoms with van der Waals surface area (Å²) >= 11 is 0. The van der Waals surface area contributed by atoms with Crippen LogP contribution in [0.5, 0.6) is 11.5 Å². The molecule has 5 aromatic carbocycles. The molecule has 9 nitrogen and oxygen atoms in total. The maximum Gasteiger partial charge on any atom is 0.410 e. The smallest absolute Gasteiger partial charge is 0.410 e. The Bertz CT molecular complexity index is 1980. The van der Waals surface area contributed by atoms with Crippen molar-refractivity contribution in [3.8, 4) is 11.5 Å². The Morgan fingerprint density at radius 2 is 0.946 bits per heavy atom. The first-order valence-electron chi connectivity index (χ1n) is 19.4. The number of nitrogens with one attached hydrogen (secondary N) is 1. The number of hydrogen-bond donors (Lipinski definition) is 3. The van der Waals surface area contributed by atoms with Gasteiger partial charge in [0.2, 0.25) is 0 Å². The van der Waals surface area contributed by atoms with E-state index in [4.69, 9.17) is 9.47 Å². The third-order valence-corrected chi connectivity index (χ3v) is 10.8. The number of amides is 2. The van der Waals surface area contributed by atoms with Crippen LogP contribution in [0.25, 0.3) is 0 Å². The maximum absolute atomic E-state index is 12.2. The number of phenolic OH excluding ortho intramolecular Hbond substituents is 2. The van der Waals surface area contributed by atoms with Crippen molar-refractivity contribution in [1.82, 2.24) is 15.1 Å². The monoisotopic (exact) mass is 755 g/mol. The van der Waals surface area contributed by atoms with Gasteiger partial charge in [-0.3, -0.25) is 0 Å². The van der Waals surface area contributed by atoms with Crippen LogP contribution in [0.15, 0.2) is 97.1 Å². The molecule has 0 aromatic heterocycles. The summed E-state index contributed by atoms with van der Waals surface area (Å²) in [5.74, 6) is -0.294. The molecule has 0 radical (unpaired) electrons. The van der Waals surface area contributed by atoms with Gasteiger partial charge in [-0.2, -0.15) is 0 Å². The highest BCUT2D eigenvalue weighted by atomic mass is 16.6. The molecule has 9 heteroatoms. The number of phenols is 2. The number of aryl methyl sites for hydroxylation is 4. The second-order valence-corrected chi connectivity index (χ2v) is 14.9. The predicted molar refractivity (Wildman–Crippen MR) is 218 cm³/mol. The number of benzene rings is 5. The molecule has 0 atom stereocenters. The number of nitrogens with zero attached hydrogens (tertiary/aromatic N) is 2. The molecule has 3 heterocycles. The SMILES string of the molecule is Cc1cc2c(cc1C)CN(C(=O)OCc1ccccc1)CC2.Cc1cc2c(cc1C)CNCC2.O=C(OCc1ccccc1)N1CCc2cc(O)c(O)cc2C1. The fourth-order valence-corrected chi connectivity index (χ4v) is 7.15. The Kier molecular flexibility index (Phi) is 13.3. The van der Waals surface area contributed by atoms with Crippen molar-refractivity contribution in [3.05, 3.63) is 164 Å². The van der Waals surface area contributed by atoms with Crippen molar-refractivity contribution in [2.75, 3.05) is 19.6 Å². The second kappa shape index (κ2) is 18.7. The van der Waals surface area contributed by atoms with Gasteiger partial charge in [0.1, 0.15) is 13.2 Å². The van der Waals surface area contributed by atoms with Gasteiger partial charge in [-0.1, -0.05) is 84.9 Å². The zero-order valence-corrected chi connectivity index (χ0v) is 32.9. The Balaban J connectivity index is 0.000000149. The Morgan fingerprint density at radius 1 is 0.554 bits per heavy atom. The lowest BCUT2D eigenvalue weighted by Crippen LogP contribution is -2.36. The van der Waals surface area contributed by atoms with Gasteiger partial charge in [-0.25, -0.2) is 9.59 Å². The molecule has 3 aliphatic heterocycles. The molecule has 8 rings (SSSR count). The fourth-order valence-electron chi connectivity index (χ4n) is 7.15. The van der Waals surface area contributed by atoms with Crippen LogP contribution in [0.1, 0.15) is 66.8 Å². The molecule has 3 aliphatic rings. The predicted octanol–water partition coefficient (Wildman–Crippen LogP) is 8.74. The second-order valence-electron chi connectivity index (χ2n) is 14.9. The zero-order chi connectivity index (χ0) is 39.6. The van der Waals surface area contributed by atoms with Gasteiger partial charge in [0.15, 0.2) is 11.5 Å². The number of fused-ring (bicyclic) bond motifs is 3. The minimum Gasteiger partial charge on any atom is -0.504 e. The van der Waals surface area contributed by atoms with Gasteiger partial charge in [-0.15, -0.1) is 0 Å². The molecule has 56 heavy (non-hydrogen) atoms. The number of carbonyl (C=O) groups is 2. The Labute approximate surface area is 330 Å². The molecular formula is C47H53N3O6. The maximum atomic E-state index is 12.2. The van der Waals surface area contributed by atoms with Crippen LogP contribution in [0.3, 0.4) is 0 Å². The quantitative estimate of drug-likeness (QED) is 0.157. The highest BCUT2D eigenvalue weighted by molar-refractivity contribution is 5.69. The van der Waals surface area contributed by atoms with Crippen LogP contribution in [0.2, 0.25) is 0 Å². The van der Waals surface area contributed by atoms with Gasteiger partial charge in [0.25, 0.3) is 0 Å². The number of rotatable bonds is 4. The Hall–Kier alpha value is -5.80. The number of hydrogen-bond acceptors (Lipinski definition) is 7. The zero-order valence-electron chi connectivity index (χ0n) is 32.9. The first-order valence-corrected chi connectivity index (χ1v) is 19.4. The van der Waals surface area contributed by atoms with Crippen molar-refractivity contribution in [3.63, 3.8) is 0 Å². The largest absolute Gasteiger partial charge is 0.504 e. The van der Waals surface area contributed by atoms with E-state index in [1.54, 1.807) is 15.9 Å². The van der Waals surface area contributed by atoms with Crippen LogP contribution >= 0.6 is 0 Å². The summed E-state index contributed by atoms with van der Waals surface area (Å²) in [4.78, 5) is 27.8. The standard InChI is InChI=1S/C19H21NO2.C17H17NO4.C11H15N/c1-14-10-17-8-9-20(12-18(17)11-15(14)2)19(21)22-13-16-6-4-3-5-7-16;19-15-8-13-6-7-18(10-14(13)9-16(15)20)17(21)22-11-12-4-2-1-3-5-12;1-8-5-10-3-4-12-7-11(10)6-9(8)2/h3-7,10-11H,8-9,12-13H2,1-2H3;1-5,8-9,19-20H,6-7,10-11H2;5-6,12H,3-4,7H2,1-2H3. The first kappa shape index (κ1) is 39.9. The summed E-state index contributed by atoms with van der Waals surface area (Å²) < 4.78 is 10.7. The first-order chi connectivity index (χ1) is 27.0. The van der Waals surface area contributed by atoms with Gasteiger partial charge in [0, 0.05) is 32.7 Å². The van der Waals surface area contributed by atoms with Crippen LogP contribution < -0.4 is 5.32 Å². The van der Waals surface area contributed by atoms with Crippen LogP contribution in [0.4, 0.5) is 9.59 Å². The van der Waals surface area contributed by atoms with E-state index in [0.717, 1.165) is 48.3 Å².